The van der Waals surface area contributed by atoms with Gasteiger partial charge in [0.25, 0.3) is 0 Å². The van der Waals surface area contributed by atoms with Gasteiger partial charge in [-0.05, 0) is 44.0 Å². The Kier molecular flexibility index (Phi) is 6.13. The van der Waals surface area contributed by atoms with E-state index in [1.54, 1.807) is 12.1 Å². The average Bonchev–Trinajstić information content (AvgIpc) is 2.92. The predicted octanol–water partition coefficient (Wildman–Crippen LogP) is 3.10. The fraction of sp³-hybridized carbons (Fsp3) is 0.500. The minimum absolute atomic E-state index is 0.105. The minimum atomic E-state index is -0.281. The number of carbonyl (C=O) groups excluding carboxylic acids is 1. The van der Waals surface area contributed by atoms with Gasteiger partial charge in [0, 0.05) is 18.7 Å². The number of benzene rings is 1. The van der Waals surface area contributed by atoms with Crippen LogP contribution in [0, 0.1) is 11.7 Å². The third-order valence-corrected chi connectivity index (χ3v) is 5.47. The van der Waals surface area contributed by atoms with Crippen molar-refractivity contribution in [3.05, 3.63) is 35.9 Å². The molecule has 1 aromatic carbocycles. The number of carbonyl (C=O) groups is 1. The van der Waals surface area contributed by atoms with Gasteiger partial charge in [-0.2, -0.15) is 0 Å². The SMILES string of the molecule is CC(NC(=O)C1CCC1)c1nnc(SCCOc2ccc(F)cc2)n1C. The van der Waals surface area contributed by atoms with Crippen molar-refractivity contribution in [1.82, 2.24) is 20.1 Å². The lowest BCUT2D eigenvalue weighted by molar-refractivity contribution is -0.128. The lowest BCUT2D eigenvalue weighted by Crippen LogP contribution is -2.36. The molecule has 2 aromatic rings. The van der Waals surface area contributed by atoms with Crippen molar-refractivity contribution >= 4 is 17.7 Å². The topological polar surface area (TPSA) is 69.0 Å². The van der Waals surface area contributed by atoms with Gasteiger partial charge >= 0.3 is 0 Å². The molecule has 6 nitrogen and oxygen atoms in total. The molecule has 1 aliphatic carbocycles. The van der Waals surface area contributed by atoms with Gasteiger partial charge in [0.05, 0.1) is 12.6 Å². The molecule has 1 aliphatic rings. The fourth-order valence-electron chi connectivity index (χ4n) is 2.72. The summed E-state index contributed by atoms with van der Waals surface area (Å²) in [7, 11) is 1.89. The first kappa shape index (κ1) is 18.7. The highest BCUT2D eigenvalue weighted by molar-refractivity contribution is 7.99. The molecule has 1 heterocycles. The van der Waals surface area contributed by atoms with E-state index in [0.29, 0.717) is 18.1 Å². The first-order valence-electron chi connectivity index (χ1n) is 8.75. The second-order valence-corrected chi connectivity index (χ2v) is 7.47. The van der Waals surface area contributed by atoms with Gasteiger partial charge in [0.2, 0.25) is 5.91 Å². The number of aromatic nitrogens is 3. The van der Waals surface area contributed by atoms with Crippen molar-refractivity contribution in [3.8, 4) is 5.75 Å². The van der Waals surface area contributed by atoms with Crippen molar-refractivity contribution in [2.75, 3.05) is 12.4 Å². The van der Waals surface area contributed by atoms with Crippen LogP contribution in [0.15, 0.2) is 29.4 Å². The predicted molar refractivity (Wildman–Crippen MR) is 97.5 cm³/mol. The molecule has 1 fully saturated rings. The maximum atomic E-state index is 12.9. The molecule has 1 atom stereocenters. The molecule has 1 N–H and O–H groups in total. The molecule has 1 saturated carbocycles. The first-order chi connectivity index (χ1) is 12.5. The van der Waals surface area contributed by atoms with Gasteiger partial charge < -0.3 is 14.6 Å². The Balaban J connectivity index is 1.46. The van der Waals surface area contributed by atoms with Crippen LogP contribution in [0.1, 0.15) is 38.1 Å². The quantitative estimate of drug-likeness (QED) is 0.565. The van der Waals surface area contributed by atoms with E-state index in [2.05, 4.69) is 15.5 Å². The smallest absolute Gasteiger partial charge is 0.223 e. The van der Waals surface area contributed by atoms with Gasteiger partial charge in [-0.3, -0.25) is 4.79 Å². The molecular formula is C18H23FN4O2S. The van der Waals surface area contributed by atoms with Gasteiger partial charge in [-0.25, -0.2) is 4.39 Å². The Bertz CT molecular complexity index is 746. The highest BCUT2D eigenvalue weighted by Gasteiger charge is 2.27. The summed E-state index contributed by atoms with van der Waals surface area (Å²) in [5, 5.41) is 12.2. The lowest BCUT2D eigenvalue weighted by atomic mass is 9.84. The van der Waals surface area contributed by atoms with Crippen molar-refractivity contribution < 1.29 is 13.9 Å². The summed E-state index contributed by atoms with van der Waals surface area (Å²) < 4.78 is 20.3. The van der Waals surface area contributed by atoms with Crippen molar-refractivity contribution in [3.63, 3.8) is 0 Å². The fourth-order valence-corrected chi connectivity index (χ4v) is 3.45. The summed E-state index contributed by atoms with van der Waals surface area (Å²) in [6.07, 6.45) is 3.09. The monoisotopic (exact) mass is 378 g/mol. The van der Waals surface area contributed by atoms with Crippen LogP contribution in [-0.4, -0.2) is 33.0 Å². The Morgan fingerprint density at radius 1 is 1.38 bits per heavy atom. The van der Waals surface area contributed by atoms with E-state index in [-0.39, 0.29) is 23.7 Å². The van der Waals surface area contributed by atoms with Crippen LogP contribution in [0.3, 0.4) is 0 Å². The summed E-state index contributed by atoms with van der Waals surface area (Å²) in [5.74, 6) is 2.04. The second-order valence-electron chi connectivity index (χ2n) is 6.41. The van der Waals surface area contributed by atoms with Crippen LogP contribution >= 0.6 is 11.8 Å². The van der Waals surface area contributed by atoms with E-state index in [0.717, 1.165) is 30.2 Å². The number of thioether (sulfide) groups is 1. The van der Waals surface area contributed by atoms with Gasteiger partial charge in [0.15, 0.2) is 11.0 Å². The number of ether oxygens (including phenoxy) is 1. The van der Waals surface area contributed by atoms with Gasteiger partial charge in [0.1, 0.15) is 11.6 Å². The number of rotatable bonds is 8. The molecule has 0 radical (unpaired) electrons. The Hall–Kier alpha value is -2.09. The second kappa shape index (κ2) is 8.53. The molecule has 26 heavy (non-hydrogen) atoms. The third-order valence-electron chi connectivity index (χ3n) is 4.49. The average molecular weight is 378 g/mol. The Labute approximate surface area is 156 Å². The van der Waals surface area contributed by atoms with Gasteiger partial charge in [-0.1, -0.05) is 18.2 Å². The zero-order chi connectivity index (χ0) is 18.5. The van der Waals surface area contributed by atoms with Crippen LogP contribution in [0.5, 0.6) is 5.75 Å². The van der Waals surface area contributed by atoms with Crippen molar-refractivity contribution in [1.29, 1.82) is 0 Å². The highest BCUT2D eigenvalue weighted by atomic mass is 32.2. The summed E-state index contributed by atoms with van der Waals surface area (Å²) in [5.41, 5.74) is 0. The largest absolute Gasteiger partial charge is 0.493 e. The van der Waals surface area contributed by atoms with E-state index in [1.807, 2.05) is 18.5 Å². The molecule has 1 aromatic heterocycles. The van der Waals surface area contributed by atoms with Crippen LogP contribution in [0.25, 0.3) is 0 Å². The summed E-state index contributed by atoms with van der Waals surface area (Å²) in [6, 6.07) is 5.78. The van der Waals surface area contributed by atoms with Crippen molar-refractivity contribution in [2.45, 2.75) is 37.4 Å². The van der Waals surface area contributed by atoms with E-state index in [9.17, 15) is 9.18 Å². The summed E-state index contributed by atoms with van der Waals surface area (Å²) >= 11 is 1.53. The number of hydrogen-bond acceptors (Lipinski definition) is 5. The number of halogens is 1. The molecule has 0 aliphatic heterocycles. The Morgan fingerprint density at radius 3 is 2.77 bits per heavy atom. The van der Waals surface area contributed by atoms with Gasteiger partial charge in [-0.15, -0.1) is 10.2 Å². The normalized spacial score (nSPS) is 15.3. The van der Waals surface area contributed by atoms with Crippen LogP contribution in [0.4, 0.5) is 4.39 Å². The number of hydrogen-bond donors (Lipinski definition) is 1. The van der Waals surface area contributed by atoms with Crippen LogP contribution < -0.4 is 10.1 Å². The molecule has 1 amide bonds. The molecule has 8 heteroatoms. The Morgan fingerprint density at radius 2 is 2.12 bits per heavy atom. The van der Waals surface area contributed by atoms with E-state index in [4.69, 9.17) is 4.74 Å². The molecule has 1 unspecified atom stereocenters. The minimum Gasteiger partial charge on any atom is -0.493 e. The molecule has 3 rings (SSSR count). The molecule has 140 valence electrons. The molecule has 0 bridgehead atoms. The standard InChI is InChI=1S/C18H23FN4O2S/c1-12(20-17(24)13-4-3-5-13)16-21-22-18(23(16)2)26-11-10-25-15-8-6-14(19)7-9-15/h6-9,12-13H,3-5,10-11H2,1-2H3,(H,20,24). The molecular weight excluding hydrogens is 355 g/mol. The maximum absolute atomic E-state index is 12.9. The summed E-state index contributed by atoms with van der Waals surface area (Å²) in [6.45, 7) is 2.40. The number of nitrogens with one attached hydrogen (secondary N) is 1. The van der Waals surface area contributed by atoms with E-state index < -0.39 is 0 Å². The van der Waals surface area contributed by atoms with Crippen LogP contribution in [-0.2, 0) is 11.8 Å². The zero-order valence-electron chi connectivity index (χ0n) is 14.9. The van der Waals surface area contributed by atoms with Crippen LogP contribution in [0.2, 0.25) is 0 Å². The number of amides is 1. The molecule has 0 spiro atoms. The zero-order valence-corrected chi connectivity index (χ0v) is 15.8. The maximum Gasteiger partial charge on any atom is 0.223 e. The highest BCUT2D eigenvalue weighted by Crippen LogP contribution is 2.27. The first-order valence-corrected chi connectivity index (χ1v) is 9.74. The lowest BCUT2D eigenvalue weighted by Gasteiger charge is -2.25. The summed E-state index contributed by atoms with van der Waals surface area (Å²) in [4.78, 5) is 12.1. The third kappa shape index (κ3) is 4.55. The van der Waals surface area contributed by atoms with E-state index in [1.165, 1.54) is 23.9 Å². The number of nitrogens with zero attached hydrogens (tertiary/aromatic N) is 3. The van der Waals surface area contributed by atoms with E-state index >= 15 is 0 Å². The molecule has 0 saturated heterocycles. The van der Waals surface area contributed by atoms with Crippen molar-refractivity contribution in [2.24, 2.45) is 13.0 Å².